The molecule has 18 heavy (non-hydrogen) atoms. The van der Waals surface area contributed by atoms with E-state index in [1.54, 1.807) is 0 Å². The van der Waals surface area contributed by atoms with Gasteiger partial charge in [0.05, 0.1) is 6.61 Å². The van der Waals surface area contributed by atoms with E-state index in [1.165, 1.54) is 22.3 Å². The molecule has 0 radical (unpaired) electrons. The van der Waals surface area contributed by atoms with Crippen LogP contribution in [0.1, 0.15) is 29.2 Å². The highest BCUT2D eigenvalue weighted by molar-refractivity contribution is 5.36. The lowest BCUT2D eigenvalue weighted by atomic mass is 9.99. The summed E-state index contributed by atoms with van der Waals surface area (Å²) in [6.45, 7) is 7.03. The Hall–Kier alpha value is -1.76. The number of aryl methyl sites for hydroxylation is 2. The summed E-state index contributed by atoms with van der Waals surface area (Å²) in [5.74, 6) is 0.946. The van der Waals surface area contributed by atoms with E-state index in [9.17, 15) is 0 Å². The second-order valence-electron chi connectivity index (χ2n) is 4.68. The molecule has 0 atom stereocenters. The van der Waals surface area contributed by atoms with Gasteiger partial charge in [-0.3, -0.25) is 0 Å². The van der Waals surface area contributed by atoms with Crippen molar-refractivity contribution in [2.75, 3.05) is 6.61 Å². The monoisotopic (exact) mass is 240 g/mol. The van der Waals surface area contributed by atoms with Gasteiger partial charge in [0.1, 0.15) is 5.75 Å². The lowest BCUT2D eigenvalue weighted by Gasteiger charge is -2.08. The Kier molecular flexibility index (Phi) is 4.03. The van der Waals surface area contributed by atoms with Crippen molar-refractivity contribution >= 4 is 0 Å². The topological polar surface area (TPSA) is 9.23 Å². The SMILES string of the molecule is CCOc1ccc(Cc2cc(C)ccc2C)cc1. The lowest BCUT2D eigenvalue weighted by Crippen LogP contribution is -1.94. The molecule has 2 aromatic rings. The van der Waals surface area contributed by atoms with E-state index in [-0.39, 0.29) is 0 Å². The molecular weight excluding hydrogens is 220 g/mol. The van der Waals surface area contributed by atoms with Crippen molar-refractivity contribution in [2.45, 2.75) is 27.2 Å². The summed E-state index contributed by atoms with van der Waals surface area (Å²) in [5, 5.41) is 0. The minimum Gasteiger partial charge on any atom is -0.494 e. The van der Waals surface area contributed by atoms with Crippen molar-refractivity contribution in [3.8, 4) is 5.75 Å². The minimum atomic E-state index is 0.719. The van der Waals surface area contributed by atoms with Gasteiger partial charge in [0, 0.05) is 0 Å². The van der Waals surface area contributed by atoms with E-state index in [0.29, 0.717) is 0 Å². The second kappa shape index (κ2) is 5.72. The van der Waals surface area contributed by atoms with Crippen molar-refractivity contribution < 1.29 is 4.74 Å². The zero-order chi connectivity index (χ0) is 13.0. The molecule has 1 heteroatoms. The van der Waals surface area contributed by atoms with E-state index < -0.39 is 0 Å². The third kappa shape index (κ3) is 3.13. The largest absolute Gasteiger partial charge is 0.494 e. The molecule has 0 aliphatic carbocycles. The molecule has 0 bridgehead atoms. The zero-order valence-corrected chi connectivity index (χ0v) is 11.4. The van der Waals surface area contributed by atoms with Crippen molar-refractivity contribution in [1.82, 2.24) is 0 Å². The lowest BCUT2D eigenvalue weighted by molar-refractivity contribution is 0.340. The Balaban J connectivity index is 2.15. The van der Waals surface area contributed by atoms with Crippen LogP contribution in [0.3, 0.4) is 0 Å². The van der Waals surface area contributed by atoms with E-state index in [2.05, 4.69) is 44.2 Å². The maximum absolute atomic E-state index is 5.45. The van der Waals surface area contributed by atoms with Gasteiger partial charge in [-0.25, -0.2) is 0 Å². The van der Waals surface area contributed by atoms with Crippen molar-refractivity contribution in [3.63, 3.8) is 0 Å². The fourth-order valence-electron chi connectivity index (χ4n) is 2.08. The zero-order valence-electron chi connectivity index (χ0n) is 11.4. The molecule has 0 aliphatic heterocycles. The first-order chi connectivity index (χ1) is 8.69. The maximum Gasteiger partial charge on any atom is 0.119 e. The molecule has 94 valence electrons. The molecule has 0 unspecified atom stereocenters. The third-order valence-electron chi connectivity index (χ3n) is 3.13. The van der Waals surface area contributed by atoms with Gasteiger partial charge in [-0.1, -0.05) is 35.9 Å². The van der Waals surface area contributed by atoms with Crippen LogP contribution in [0, 0.1) is 13.8 Å². The van der Waals surface area contributed by atoms with Crippen molar-refractivity contribution in [1.29, 1.82) is 0 Å². The van der Waals surface area contributed by atoms with Gasteiger partial charge in [0.15, 0.2) is 0 Å². The first kappa shape index (κ1) is 12.7. The predicted octanol–water partition coefficient (Wildman–Crippen LogP) is 4.29. The number of benzene rings is 2. The van der Waals surface area contributed by atoms with E-state index >= 15 is 0 Å². The van der Waals surface area contributed by atoms with Crippen molar-refractivity contribution in [2.24, 2.45) is 0 Å². The fourth-order valence-corrected chi connectivity index (χ4v) is 2.08. The summed E-state index contributed by atoms with van der Waals surface area (Å²) in [4.78, 5) is 0. The van der Waals surface area contributed by atoms with E-state index in [1.807, 2.05) is 19.1 Å². The average molecular weight is 240 g/mol. The average Bonchev–Trinajstić information content (AvgIpc) is 2.37. The Morgan fingerprint density at radius 1 is 0.944 bits per heavy atom. The van der Waals surface area contributed by atoms with Gasteiger partial charge in [-0.05, 0) is 56.0 Å². The summed E-state index contributed by atoms with van der Waals surface area (Å²) < 4.78 is 5.45. The Morgan fingerprint density at radius 2 is 1.67 bits per heavy atom. The van der Waals surface area contributed by atoms with Gasteiger partial charge in [0.2, 0.25) is 0 Å². The van der Waals surface area contributed by atoms with Crippen LogP contribution in [-0.4, -0.2) is 6.61 Å². The Morgan fingerprint density at radius 3 is 2.33 bits per heavy atom. The summed E-state index contributed by atoms with van der Waals surface area (Å²) in [7, 11) is 0. The van der Waals surface area contributed by atoms with Gasteiger partial charge in [-0.15, -0.1) is 0 Å². The second-order valence-corrected chi connectivity index (χ2v) is 4.68. The third-order valence-corrected chi connectivity index (χ3v) is 3.13. The predicted molar refractivity (Wildman–Crippen MR) is 76.3 cm³/mol. The summed E-state index contributed by atoms with van der Waals surface area (Å²) in [6.07, 6.45) is 0.986. The van der Waals surface area contributed by atoms with E-state index in [4.69, 9.17) is 4.74 Å². The van der Waals surface area contributed by atoms with Gasteiger partial charge < -0.3 is 4.74 Å². The number of hydrogen-bond acceptors (Lipinski definition) is 1. The molecule has 0 fully saturated rings. The van der Waals surface area contributed by atoms with Gasteiger partial charge >= 0.3 is 0 Å². The molecular formula is C17H20O. The van der Waals surface area contributed by atoms with E-state index in [0.717, 1.165) is 18.8 Å². The highest BCUT2D eigenvalue weighted by Crippen LogP contribution is 2.18. The molecule has 0 N–H and O–H groups in total. The molecule has 2 rings (SSSR count). The molecule has 0 saturated heterocycles. The normalized spacial score (nSPS) is 10.4. The first-order valence-corrected chi connectivity index (χ1v) is 6.47. The molecule has 0 aromatic heterocycles. The fraction of sp³-hybridized carbons (Fsp3) is 0.294. The quantitative estimate of drug-likeness (QED) is 0.774. The number of hydrogen-bond donors (Lipinski definition) is 0. The highest BCUT2D eigenvalue weighted by Gasteiger charge is 2.01. The Bertz CT molecular complexity index is 512. The number of ether oxygens (including phenoxy) is 1. The van der Waals surface area contributed by atoms with Crippen LogP contribution in [0.15, 0.2) is 42.5 Å². The first-order valence-electron chi connectivity index (χ1n) is 6.47. The molecule has 0 heterocycles. The van der Waals surface area contributed by atoms with Gasteiger partial charge in [-0.2, -0.15) is 0 Å². The molecule has 2 aromatic carbocycles. The molecule has 0 spiro atoms. The van der Waals surface area contributed by atoms with Crippen LogP contribution in [0.25, 0.3) is 0 Å². The van der Waals surface area contributed by atoms with Crippen LogP contribution >= 0.6 is 0 Å². The van der Waals surface area contributed by atoms with Crippen LogP contribution in [0.5, 0.6) is 5.75 Å². The summed E-state index contributed by atoms with van der Waals surface area (Å²) in [5.41, 5.74) is 5.40. The summed E-state index contributed by atoms with van der Waals surface area (Å²) in [6, 6.07) is 15.0. The number of rotatable bonds is 4. The summed E-state index contributed by atoms with van der Waals surface area (Å²) >= 11 is 0. The molecule has 0 aliphatic rings. The van der Waals surface area contributed by atoms with Gasteiger partial charge in [0.25, 0.3) is 0 Å². The van der Waals surface area contributed by atoms with Crippen LogP contribution in [0.2, 0.25) is 0 Å². The van der Waals surface area contributed by atoms with Crippen molar-refractivity contribution in [3.05, 3.63) is 64.7 Å². The Labute approximate surface area is 109 Å². The smallest absolute Gasteiger partial charge is 0.119 e. The molecule has 0 amide bonds. The van der Waals surface area contributed by atoms with Crippen LogP contribution in [-0.2, 0) is 6.42 Å². The maximum atomic E-state index is 5.45. The van der Waals surface area contributed by atoms with Crippen LogP contribution < -0.4 is 4.74 Å². The molecule has 0 saturated carbocycles. The van der Waals surface area contributed by atoms with Crippen LogP contribution in [0.4, 0.5) is 0 Å². The molecule has 1 nitrogen and oxygen atoms in total. The minimum absolute atomic E-state index is 0.719. The standard InChI is InChI=1S/C17H20O/c1-4-18-17-9-7-15(8-10-17)12-16-11-13(2)5-6-14(16)3/h5-11H,4,12H2,1-3H3. The highest BCUT2D eigenvalue weighted by atomic mass is 16.5.